The van der Waals surface area contributed by atoms with E-state index in [0.29, 0.717) is 35.8 Å². The summed E-state index contributed by atoms with van der Waals surface area (Å²) in [6.45, 7) is 1.03. The Labute approximate surface area is 186 Å². The molecule has 32 heavy (non-hydrogen) atoms. The molecule has 1 amide bonds. The van der Waals surface area contributed by atoms with E-state index >= 15 is 0 Å². The Bertz CT molecular complexity index is 1210. The summed E-state index contributed by atoms with van der Waals surface area (Å²) < 4.78 is 5.75. The van der Waals surface area contributed by atoms with Crippen LogP contribution in [0.25, 0.3) is 11.3 Å². The molecule has 0 saturated heterocycles. The van der Waals surface area contributed by atoms with Crippen LogP contribution in [-0.4, -0.2) is 10.9 Å². The van der Waals surface area contributed by atoms with Crippen LogP contribution in [0.3, 0.4) is 0 Å². The summed E-state index contributed by atoms with van der Waals surface area (Å²) in [5.74, 6) is 0.0912. The van der Waals surface area contributed by atoms with E-state index in [-0.39, 0.29) is 11.7 Å². The van der Waals surface area contributed by atoms with Gasteiger partial charge in [0.05, 0.1) is 24.6 Å². The van der Waals surface area contributed by atoms with Crippen LogP contribution >= 0.6 is 0 Å². The monoisotopic (exact) mass is 424 g/mol. The Kier molecular flexibility index (Phi) is 6.43. The van der Waals surface area contributed by atoms with Gasteiger partial charge in [0.2, 0.25) is 0 Å². The highest BCUT2D eigenvalue weighted by Crippen LogP contribution is 2.24. The number of benzene rings is 3. The van der Waals surface area contributed by atoms with E-state index in [2.05, 4.69) is 10.3 Å². The van der Waals surface area contributed by atoms with Crippen LogP contribution in [0, 0.1) is 0 Å². The average Bonchev–Trinajstić information content (AvgIpc) is 2.82. The number of nitrogens with one attached hydrogen (secondary N) is 1. The molecule has 3 aromatic carbocycles. The first-order valence-electron chi connectivity index (χ1n) is 10.2. The molecule has 6 nitrogen and oxygen atoms in total. The summed E-state index contributed by atoms with van der Waals surface area (Å²) in [4.78, 5) is 17.0. The van der Waals surface area contributed by atoms with E-state index in [9.17, 15) is 4.79 Å². The second kappa shape index (κ2) is 9.76. The van der Waals surface area contributed by atoms with E-state index < -0.39 is 0 Å². The van der Waals surface area contributed by atoms with Crippen molar-refractivity contribution in [2.75, 3.05) is 16.8 Å². The smallest absolute Gasteiger partial charge is 0.255 e. The molecule has 0 bridgehead atoms. The van der Waals surface area contributed by atoms with Gasteiger partial charge in [0.25, 0.3) is 5.91 Å². The van der Waals surface area contributed by atoms with Gasteiger partial charge in [-0.15, -0.1) is 0 Å². The normalized spacial score (nSPS) is 10.6. The Hall–Kier alpha value is -4.16. The number of nitrogens with zero attached hydrogens (tertiary/aromatic N) is 1. The Morgan fingerprint density at radius 3 is 2.25 bits per heavy atom. The second-order valence-corrected chi connectivity index (χ2v) is 7.38. The molecule has 0 aliphatic rings. The SMILES string of the molecule is Nc1ccc(-c2cccc(NC(=O)c3ccc(COCc4ccccc4)cc3)c2)nc1N. The molecule has 4 aromatic rings. The minimum atomic E-state index is -0.191. The minimum absolute atomic E-state index is 0.191. The number of carbonyl (C=O) groups excluding carboxylic acids is 1. The maximum absolute atomic E-state index is 12.7. The first-order chi connectivity index (χ1) is 15.6. The molecule has 5 N–H and O–H groups in total. The number of pyridine rings is 1. The van der Waals surface area contributed by atoms with Crippen molar-refractivity contribution < 1.29 is 9.53 Å². The molecule has 0 spiro atoms. The second-order valence-electron chi connectivity index (χ2n) is 7.38. The number of aromatic nitrogens is 1. The van der Waals surface area contributed by atoms with Crippen LogP contribution in [0.15, 0.2) is 91.0 Å². The molecule has 1 aromatic heterocycles. The van der Waals surface area contributed by atoms with Crippen molar-refractivity contribution in [3.63, 3.8) is 0 Å². The largest absolute Gasteiger partial charge is 0.396 e. The van der Waals surface area contributed by atoms with Crippen LogP contribution < -0.4 is 16.8 Å². The minimum Gasteiger partial charge on any atom is -0.396 e. The van der Waals surface area contributed by atoms with Crippen molar-refractivity contribution in [2.45, 2.75) is 13.2 Å². The molecule has 0 fully saturated rings. The summed E-state index contributed by atoms with van der Waals surface area (Å²) in [5, 5.41) is 2.92. The Morgan fingerprint density at radius 1 is 0.812 bits per heavy atom. The van der Waals surface area contributed by atoms with Crippen molar-refractivity contribution in [1.82, 2.24) is 4.98 Å². The highest BCUT2D eigenvalue weighted by molar-refractivity contribution is 6.04. The van der Waals surface area contributed by atoms with Crippen molar-refractivity contribution in [3.05, 3.63) is 108 Å². The van der Waals surface area contributed by atoms with Crippen LogP contribution in [-0.2, 0) is 18.0 Å². The van der Waals surface area contributed by atoms with Crippen LogP contribution in [0.5, 0.6) is 0 Å². The van der Waals surface area contributed by atoms with Crippen LogP contribution in [0.2, 0.25) is 0 Å². The predicted molar refractivity (Wildman–Crippen MR) is 128 cm³/mol. The molecule has 160 valence electrons. The number of nitrogens with two attached hydrogens (primary N) is 2. The van der Waals surface area contributed by atoms with Crippen molar-refractivity contribution in [2.24, 2.45) is 0 Å². The van der Waals surface area contributed by atoms with Crippen molar-refractivity contribution in [3.8, 4) is 11.3 Å². The quantitative estimate of drug-likeness (QED) is 0.392. The molecule has 0 atom stereocenters. The molecule has 0 saturated carbocycles. The van der Waals surface area contributed by atoms with Gasteiger partial charge in [-0.1, -0.05) is 54.6 Å². The third kappa shape index (κ3) is 5.30. The lowest BCUT2D eigenvalue weighted by Gasteiger charge is -2.09. The number of rotatable bonds is 7. The number of anilines is 3. The number of hydrogen-bond donors (Lipinski definition) is 3. The topological polar surface area (TPSA) is 103 Å². The fraction of sp³-hybridized carbons (Fsp3) is 0.0769. The molecule has 6 heteroatoms. The summed E-state index contributed by atoms with van der Waals surface area (Å²) in [6.07, 6.45) is 0. The van der Waals surface area contributed by atoms with Gasteiger partial charge >= 0.3 is 0 Å². The number of hydrogen-bond acceptors (Lipinski definition) is 5. The van der Waals surface area contributed by atoms with Crippen LogP contribution in [0.4, 0.5) is 17.2 Å². The molecule has 1 heterocycles. The lowest BCUT2D eigenvalue weighted by molar-refractivity contribution is 0.102. The third-order valence-corrected chi connectivity index (χ3v) is 4.97. The number of amides is 1. The fourth-order valence-corrected chi connectivity index (χ4v) is 3.22. The van der Waals surface area contributed by atoms with Crippen molar-refractivity contribution >= 4 is 23.1 Å². The number of carbonyl (C=O) groups is 1. The molecule has 0 aliphatic carbocycles. The summed E-state index contributed by atoms with van der Waals surface area (Å²) >= 11 is 0. The van der Waals surface area contributed by atoms with Gasteiger partial charge in [-0.3, -0.25) is 4.79 Å². The maximum Gasteiger partial charge on any atom is 0.255 e. The third-order valence-electron chi connectivity index (χ3n) is 4.97. The zero-order valence-electron chi connectivity index (χ0n) is 17.5. The number of nitrogen functional groups attached to an aromatic ring is 2. The van der Waals surface area contributed by atoms with Crippen molar-refractivity contribution in [1.29, 1.82) is 0 Å². The summed E-state index contributed by atoms with van der Waals surface area (Å²) in [6, 6.07) is 28.3. The van der Waals surface area contributed by atoms with Gasteiger partial charge in [-0.2, -0.15) is 0 Å². The Balaban J connectivity index is 1.37. The fourth-order valence-electron chi connectivity index (χ4n) is 3.22. The van der Waals surface area contributed by atoms with E-state index in [1.807, 2.05) is 66.7 Å². The molecular formula is C26H24N4O2. The molecule has 4 rings (SSSR count). The Morgan fingerprint density at radius 2 is 1.53 bits per heavy atom. The summed E-state index contributed by atoms with van der Waals surface area (Å²) in [7, 11) is 0. The highest BCUT2D eigenvalue weighted by Gasteiger charge is 2.08. The predicted octanol–water partition coefficient (Wildman–Crippen LogP) is 4.88. The lowest BCUT2D eigenvalue weighted by Crippen LogP contribution is -2.12. The van der Waals surface area contributed by atoms with Gasteiger partial charge in [-0.05, 0) is 47.5 Å². The number of ether oxygens (including phenoxy) is 1. The van der Waals surface area contributed by atoms with E-state index in [4.69, 9.17) is 16.2 Å². The lowest BCUT2D eigenvalue weighted by atomic mass is 10.1. The molecule has 0 radical (unpaired) electrons. The first kappa shape index (κ1) is 21.1. The standard InChI is InChI=1S/C26H24N4O2/c27-23-13-14-24(30-25(23)28)21-7-4-8-22(15-21)29-26(31)20-11-9-19(10-12-20)17-32-16-18-5-2-1-3-6-18/h1-15H,16-17,27H2,(H2,28,30)(H,29,31). The van der Waals surface area contributed by atoms with E-state index in [1.54, 1.807) is 24.3 Å². The first-order valence-corrected chi connectivity index (χ1v) is 10.2. The zero-order chi connectivity index (χ0) is 22.3. The molecule has 0 aliphatic heterocycles. The molecule has 0 unspecified atom stereocenters. The maximum atomic E-state index is 12.7. The van der Waals surface area contributed by atoms with Crippen LogP contribution in [0.1, 0.15) is 21.5 Å². The van der Waals surface area contributed by atoms with Gasteiger partial charge in [0.1, 0.15) is 5.82 Å². The van der Waals surface area contributed by atoms with Gasteiger partial charge < -0.3 is 21.5 Å². The van der Waals surface area contributed by atoms with Gasteiger partial charge in [0, 0.05) is 16.8 Å². The summed E-state index contributed by atoms with van der Waals surface area (Å²) in [5.41, 5.74) is 16.9. The zero-order valence-corrected chi connectivity index (χ0v) is 17.5. The van der Waals surface area contributed by atoms with E-state index in [0.717, 1.165) is 16.7 Å². The highest BCUT2D eigenvalue weighted by atomic mass is 16.5. The van der Waals surface area contributed by atoms with E-state index in [1.165, 1.54) is 0 Å². The molecular weight excluding hydrogens is 400 g/mol. The van der Waals surface area contributed by atoms with Gasteiger partial charge in [0.15, 0.2) is 0 Å². The average molecular weight is 425 g/mol. The van der Waals surface area contributed by atoms with Gasteiger partial charge in [-0.25, -0.2) is 4.98 Å².